The fourth-order valence-corrected chi connectivity index (χ4v) is 2.79. The number of likely N-dealkylation sites (tertiary alicyclic amines) is 1. The highest BCUT2D eigenvalue weighted by atomic mass is 32.2. The van der Waals surface area contributed by atoms with E-state index in [-0.39, 0.29) is 5.91 Å². The molecule has 0 radical (unpaired) electrons. The molecule has 2 heterocycles. The van der Waals surface area contributed by atoms with Crippen LogP contribution in [0.2, 0.25) is 0 Å². The summed E-state index contributed by atoms with van der Waals surface area (Å²) < 4.78 is 1.47. The zero-order chi connectivity index (χ0) is 13.0. The van der Waals surface area contributed by atoms with Gasteiger partial charge in [0, 0.05) is 19.5 Å². The van der Waals surface area contributed by atoms with Crippen LogP contribution in [0.5, 0.6) is 0 Å². The van der Waals surface area contributed by atoms with E-state index in [2.05, 4.69) is 10.2 Å². The van der Waals surface area contributed by atoms with Gasteiger partial charge in [0.05, 0.1) is 5.75 Å². The van der Waals surface area contributed by atoms with Gasteiger partial charge < -0.3 is 10.7 Å². The van der Waals surface area contributed by atoms with E-state index in [9.17, 15) is 4.79 Å². The molecule has 2 N–H and O–H groups in total. The van der Waals surface area contributed by atoms with Crippen molar-refractivity contribution in [2.24, 2.45) is 0 Å². The second kappa shape index (κ2) is 6.08. The van der Waals surface area contributed by atoms with Crippen LogP contribution in [0.1, 0.15) is 32.0 Å². The molecule has 0 saturated carbocycles. The molecule has 1 saturated heterocycles. The average Bonchev–Trinajstić information content (AvgIpc) is 2.77. The van der Waals surface area contributed by atoms with Gasteiger partial charge in [-0.3, -0.25) is 4.79 Å². The molecule has 0 atom stereocenters. The zero-order valence-electron chi connectivity index (χ0n) is 10.6. The molecule has 6 nitrogen and oxygen atoms in total. The van der Waals surface area contributed by atoms with Crippen molar-refractivity contribution in [1.82, 2.24) is 19.8 Å². The molecule has 0 aromatic carbocycles. The van der Waals surface area contributed by atoms with Crippen LogP contribution in [-0.4, -0.2) is 44.5 Å². The van der Waals surface area contributed by atoms with Crippen LogP contribution in [0.15, 0.2) is 5.16 Å². The molecule has 1 aromatic rings. The van der Waals surface area contributed by atoms with E-state index >= 15 is 0 Å². The number of hydrogen-bond donors (Lipinski definition) is 1. The van der Waals surface area contributed by atoms with Gasteiger partial charge in [-0.25, -0.2) is 4.68 Å². The van der Waals surface area contributed by atoms with E-state index in [1.165, 1.54) is 22.9 Å². The zero-order valence-corrected chi connectivity index (χ0v) is 11.4. The first-order chi connectivity index (χ1) is 8.72. The van der Waals surface area contributed by atoms with Crippen molar-refractivity contribution in [3.05, 3.63) is 5.82 Å². The normalized spacial score (nSPS) is 15.9. The van der Waals surface area contributed by atoms with Crippen LogP contribution in [0, 0.1) is 0 Å². The molecule has 7 heteroatoms. The minimum atomic E-state index is 0.167. The Balaban J connectivity index is 1.86. The minimum absolute atomic E-state index is 0.167. The number of aromatic nitrogens is 3. The topological polar surface area (TPSA) is 77.0 Å². The molecule has 1 fully saturated rings. The number of thioether (sulfide) groups is 1. The average molecular weight is 269 g/mol. The van der Waals surface area contributed by atoms with E-state index in [1.807, 2.05) is 11.8 Å². The van der Waals surface area contributed by atoms with Crippen molar-refractivity contribution in [2.45, 2.75) is 37.8 Å². The maximum Gasteiger partial charge on any atom is 0.233 e. The third-order valence-corrected chi connectivity index (χ3v) is 4.01. The van der Waals surface area contributed by atoms with Crippen LogP contribution in [0.4, 0.5) is 0 Å². The second-order valence-electron chi connectivity index (χ2n) is 4.35. The molecule has 1 aromatic heterocycles. The molecular weight excluding hydrogens is 250 g/mol. The molecule has 100 valence electrons. The first-order valence-electron chi connectivity index (χ1n) is 6.32. The van der Waals surface area contributed by atoms with E-state index in [0.29, 0.717) is 10.9 Å². The van der Waals surface area contributed by atoms with E-state index in [1.54, 1.807) is 0 Å². The number of piperidine rings is 1. The van der Waals surface area contributed by atoms with Gasteiger partial charge in [-0.1, -0.05) is 18.7 Å². The number of carbonyl (C=O) groups excluding carboxylic acids is 1. The summed E-state index contributed by atoms with van der Waals surface area (Å²) in [7, 11) is 0. The van der Waals surface area contributed by atoms with Gasteiger partial charge in [0.2, 0.25) is 11.1 Å². The van der Waals surface area contributed by atoms with Crippen LogP contribution >= 0.6 is 11.8 Å². The van der Waals surface area contributed by atoms with Crippen molar-refractivity contribution < 1.29 is 4.79 Å². The van der Waals surface area contributed by atoms with Crippen molar-refractivity contribution >= 4 is 17.7 Å². The summed E-state index contributed by atoms with van der Waals surface area (Å²) in [6.45, 7) is 3.74. The molecule has 1 aliphatic heterocycles. The lowest BCUT2D eigenvalue weighted by Gasteiger charge is -2.26. The number of nitrogens with two attached hydrogens (primary N) is 1. The van der Waals surface area contributed by atoms with Crippen molar-refractivity contribution in [2.75, 3.05) is 24.7 Å². The Bertz CT molecular complexity index is 414. The Morgan fingerprint density at radius 1 is 1.33 bits per heavy atom. The number of aryl methyl sites for hydroxylation is 1. The molecule has 0 bridgehead atoms. The largest absolute Gasteiger partial charge is 0.342 e. The number of carbonyl (C=O) groups is 1. The molecule has 0 unspecified atom stereocenters. The third kappa shape index (κ3) is 2.95. The van der Waals surface area contributed by atoms with Gasteiger partial charge in [-0.15, -0.1) is 10.2 Å². The first kappa shape index (κ1) is 13.2. The summed E-state index contributed by atoms with van der Waals surface area (Å²) in [4.78, 5) is 13.9. The first-order valence-corrected chi connectivity index (χ1v) is 7.31. The molecule has 1 aliphatic rings. The predicted octanol–water partition coefficient (Wildman–Crippen LogP) is 0.659. The van der Waals surface area contributed by atoms with Crippen LogP contribution in [-0.2, 0) is 11.2 Å². The molecule has 0 aliphatic carbocycles. The summed E-state index contributed by atoms with van der Waals surface area (Å²) in [5.74, 6) is 7.12. The lowest BCUT2D eigenvalue weighted by Crippen LogP contribution is -2.36. The SMILES string of the molecule is CCc1nnc(SCC(=O)N2CCCCC2)n1N. The summed E-state index contributed by atoms with van der Waals surface area (Å²) in [5, 5.41) is 8.56. The van der Waals surface area contributed by atoms with Gasteiger partial charge in [-0.05, 0) is 19.3 Å². The van der Waals surface area contributed by atoms with Gasteiger partial charge in [0.15, 0.2) is 5.82 Å². The third-order valence-electron chi connectivity index (χ3n) is 3.08. The molecule has 18 heavy (non-hydrogen) atoms. The van der Waals surface area contributed by atoms with Crippen LogP contribution < -0.4 is 5.84 Å². The predicted molar refractivity (Wildman–Crippen MR) is 70.7 cm³/mol. The fourth-order valence-electron chi connectivity index (χ4n) is 2.01. The monoisotopic (exact) mass is 269 g/mol. The van der Waals surface area contributed by atoms with Crippen LogP contribution in [0.3, 0.4) is 0 Å². The smallest absolute Gasteiger partial charge is 0.233 e. The minimum Gasteiger partial charge on any atom is -0.342 e. The highest BCUT2D eigenvalue weighted by Gasteiger charge is 2.18. The van der Waals surface area contributed by atoms with E-state index in [0.717, 1.165) is 38.2 Å². The number of rotatable bonds is 4. The number of nitrogen functional groups attached to an aromatic ring is 1. The Kier molecular flexibility index (Phi) is 4.46. The summed E-state index contributed by atoms with van der Waals surface area (Å²) >= 11 is 1.36. The molecular formula is C11H19N5OS. The lowest BCUT2D eigenvalue weighted by molar-refractivity contribution is -0.129. The van der Waals surface area contributed by atoms with Gasteiger partial charge >= 0.3 is 0 Å². The van der Waals surface area contributed by atoms with E-state index in [4.69, 9.17) is 5.84 Å². The number of amides is 1. The number of nitrogens with zero attached hydrogens (tertiary/aromatic N) is 4. The molecule has 1 amide bonds. The summed E-state index contributed by atoms with van der Waals surface area (Å²) in [6.07, 6.45) is 4.20. The Morgan fingerprint density at radius 3 is 2.67 bits per heavy atom. The molecule has 2 rings (SSSR count). The Hall–Kier alpha value is -1.24. The maximum absolute atomic E-state index is 12.0. The highest BCUT2D eigenvalue weighted by molar-refractivity contribution is 7.99. The van der Waals surface area contributed by atoms with Gasteiger partial charge in [0.1, 0.15) is 0 Å². The highest BCUT2D eigenvalue weighted by Crippen LogP contribution is 2.17. The maximum atomic E-state index is 12.0. The molecule has 0 spiro atoms. The number of hydrogen-bond acceptors (Lipinski definition) is 5. The van der Waals surface area contributed by atoms with E-state index < -0.39 is 0 Å². The Labute approximate surface area is 111 Å². The van der Waals surface area contributed by atoms with Crippen LogP contribution in [0.25, 0.3) is 0 Å². The lowest BCUT2D eigenvalue weighted by atomic mass is 10.1. The van der Waals surface area contributed by atoms with Crippen molar-refractivity contribution in [3.8, 4) is 0 Å². The quantitative estimate of drug-likeness (QED) is 0.642. The fraction of sp³-hybridized carbons (Fsp3) is 0.727. The van der Waals surface area contributed by atoms with Crippen molar-refractivity contribution in [1.29, 1.82) is 0 Å². The summed E-state index contributed by atoms with van der Waals surface area (Å²) in [5.41, 5.74) is 0. The second-order valence-corrected chi connectivity index (χ2v) is 5.29. The van der Waals surface area contributed by atoms with Crippen molar-refractivity contribution in [3.63, 3.8) is 0 Å². The standard InChI is InChI=1S/C11H19N5OS/c1-2-9-13-14-11(16(9)12)18-8-10(17)15-6-4-3-5-7-15/h2-8,12H2,1H3. The summed E-state index contributed by atoms with van der Waals surface area (Å²) in [6, 6.07) is 0. The van der Waals surface area contributed by atoms with Gasteiger partial charge in [0.25, 0.3) is 0 Å². The Morgan fingerprint density at radius 2 is 2.06 bits per heavy atom. The van der Waals surface area contributed by atoms with Gasteiger partial charge in [-0.2, -0.15) is 0 Å².